The summed E-state index contributed by atoms with van der Waals surface area (Å²) in [5.41, 5.74) is 9.13. The smallest absolute Gasteiger partial charge is 0.192 e. The molecule has 1 N–H and O–H groups in total. The average molecular weight is 454 g/mol. The predicted molar refractivity (Wildman–Crippen MR) is 131 cm³/mol. The highest BCUT2D eigenvalue weighted by atomic mass is 32.1. The zero-order chi connectivity index (χ0) is 22.6. The Morgan fingerprint density at radius 3 is 2.97 bits per heavy atom. The third-order valence-corrected chi connectivity index (χ3v) is 5.93. The Morgan fingerprint density at radius 2 is 2.25 bits per heavy atom. The monoisotopic (exact) mass is 453 g/mol. The van der Waals surface area contributed by atoms with Gasteiger partial charge in [0, 0.05) is 24.4 Å². The minimum Gasteiger partial charge on any atom is -0.485 e. The van der Waals surface area contributed by atoms with Gasteiger partial charge in [-0.25, -0.2) is 4.98 Å². The van der Waals surface area contributed by atoms with Crippen LogP contribution in [0.2, 0.25) is 0 Å². The van der Waals surface area contributed by atoms with Crippen molar-refractivity contribution < 1.29 is 9.57 Å². The van der Waals surface area contributed by atoms with Crippen molar-refractivity contribution >= 4 is 30.0 Å². The van der Waals surface area contributed by atoms with Gasteiger partial charge in [-0.05, 0) is 68.4 Å². The van der Waals surface area contributed by atoms with Gasteiger partial charge in [0.2, 0.25) is 0 Å². The Bertz CT molecular complexity index is 963. The fourth-order valence-corrected chi connectivity index (χ4v) is 3.89. The summed E-state index contributed by atoms with van der Waals surface area (Å²) in [5, 5.41) is 8.21. The first-order chi connectivity index (χ1) is 15.7. The van der Waals surface area contributed by atoms with E-state index in [1.165, 1.54) is 29.7 Å². The Hall–Kier alpha value is -3.00. The summed E-state index contributed by atoms with van der Waals surface area (Å²) in [6, 6.07) is 3.99. The molecule has 1 fully saturated rings. The highest BCUT2D eigenvalue weighted by Crippen LogP contribution is 2.29. The molecule has 32 heavy (non-hydrogen) atoms. The molecule has 0 saturated heterocycles. The van der Waals surface area contributed by atoms with Crippen molar-refractivity contribution in [2.75, 3.05) is 20.3 Å². The third kappa shape index (κ3) is 7.92. The minimum atomic E-state index is 0.0976. The molecular weight excluding hydrogens is 422 g/mol. The molecule has 0 aromatic carbocycles. The van der Waals surface area contributed by atoms with Crippen molar-refractivity contribution in [3.63, 3.8) is 0 Å². The van der Waals surface area contributed by atoms with E-state index in [-0.39, 0.29) is 5.92 Å². The molecule has 8 heteroatoms. The van der Waals surface area contributed by atoms with Crippen LogP contribution in [0.4, 0.5) is 0 Å². The van der Waals surface area contributed by atoms with Gasteiger partial charge in [0.05, 0.1) is 29.4 Å². The summed E-state index contributed by atoms with van der Waals surface area (Å²) in [5.74, 6) is 0.780. The largest absolute Gasteiger partial charge is 0.485 e. The van der Waals surface area contributed by atoms with Crippen molar-refractivity contribution in [3.8, 4) is 0 Å². The number of hydrogen-bond acceptors (Lipinski definition) is 8. The molecule has 3 rings (SSSR count). The standard InChI is InChI=1S/C24H31N5O2S/c1-4-5-20(12-24-18(2)26-17-32-24)10-22(14-27-28-16-30-3)23-11-21(8-9-25-23)13-29-31-15-19-6-7-19/h4-5,8-9,11-13,16-17,19,22,27H,6-7,10,14-15H2,1-3H3/b5-4-,20-12+,28-16-,29-13+. The molecule has 0 bridgehead atoms. The van der Waals surface area contributed by atoms with Crippen LogP contribution in [0.1, 0.15) is 53.9 Å². The first-order valence-corrected chi connectivity index (χ1v) is 11.7. The van der Waals surface area contributed by atoms with Crippen LogP contribution in [0.15, 0.2) is 51.8 Å². The van der Waals surface area contributed by atoms with Crippen LogP contribution in [0.25, 0.3) is 6.08 Å². The van der Waals surface area contributed by atoms with Gasteiger partial charge in [0.15, 0.2) is 6.40 Å². The molecule has 1 unspecified atom stereocenters. The molecule has 1 saturated carbocycles. The minimum absolute atomic E-state index is 0.0976. The summed E-state index contributed by atoms with van der Waals surface area (Å²) in [4.78, 5) is 15.6. The number of ether oxygens (including phenoxy) is 1. The molecular formula is C24H31N5O2S. The lowest BCUT2D eigenvalue weighted by atomic mass is 9.94. The number of rotatable bonds is 13. The molecule has 0 radical (unpaired) electrons. The van der Waals surface area contributed by atoms with E-state index < -0.39 is 0 Å². The van der Waals surface area contributed by atoms with Gasteiger partial charge in [-0.15, -0.1) is 11.3 Å². The number of thiazole rings is 1. The van der Waals surface area contributed by atoms with E-state index in [1.807, 2.05) is 31.6 Å². The van der Waals surface area contributed by atoms with Crippen molar-refractivity contribution in [1.29, 1.82) is 0 Å². The van der Waals surface area contributed by atoms with E-state index >= 15 is 0 Å². The number of oxime groups is 1. The van der Waals surface area contributed by atoms with E-state index in [2.05, 4.69) is 49.9 Å². The van der Waals surface area contributed by atoms with Crippen LogP contribution < -0.4 is 5.43 Å². The second-order valence-electron chi connectivity index (χ2n) is 7.74. The van der Waals surface area contributed by atoms with Crippen molar-refractivity contribution in [2.24, 2.45) is 16.2 Å². The Labute approximate surface area is 194 Å². The van der Waals surface area contributed by atoms with Gasteiger partial charge in [-0.2, -0.15) is 5.10 Å². The number of nitrogens with one attached hydrogen (secondary N) is 1. The van der Waals surface area contributed by atoms with Gasteiger partial charge in [-0.1, -0.05) is 17.3 Å². The predicted octanol–water partition coefficient (Wildman–Crippen LogP) is 4.92. The van der Waals surface area contributed by atoms with Gasteiger partial charge < -0.3 is 15.0 Å². The third-order valence-electron chi connectivity index (χ3n) is 5.06. The number of hydrazone groups is 1. The lowest BCUT2D eigenvalue weighted by molar-refractivity contribution is 0.135. The summed E-state index contributed by atoms with van der Waals surface area (Å²) >= 11 is 1.65. The Morgan fingerprint density at radius 1 is 1.38 bits per heavy atom. The summed E-state index contributed by atoms with van der Waals surface area (Å²) in [6.07, 6.45) is 14.6. The molecule has 0 aliphatic heterocycles. The number of aryl methyl sites for hydroxylation is 1. The van der Waals surface area contributed by atoms with Gasteiger partial charge in [0.25, 0.3) is 0 Å². The lowest BCUT2D eigenvalue weighted by Crippen LogP contribution is -2.19. The summed E-state index contributed by atoms with van der Waals surface area (Å²) in [6.45, 7) is 5.37. The van der Waals surface area contributed by atoms with Crippen LogP contribution in [0.5, 0.6) is 0 Å². The zero-order valence-electron chi connectivity index (χ0n) is 18.9. The maximum atomic E-state index is 5.40. The number of allylic oxidation sites excluding steroid dienone is 3. The molecule has 0 spiro atoms. The first kappa shape index (κ1) is 23.7. The molecule has 7 nitrogen and oxygen atoms in total. The Kier molecular flexibility index (Phi) is 9.43. The molecule has 1 aliphatic carbocycles. The van der Waals surface area contributed by atoms with Gasteiger partial charge in [0.1, 0.15) is 6.61 Å². The number of hydrogen-bond donors (Lipinski definition) is 1. The Balaban J connectivity index is 1.77. The highest BCUT2D eigenvalue weighted by molar-refractivity contribution is 7.10. The quantitative estimate of drug-likeness (QED) is 0.201. The van der Waals surface area contributed by atoms with Crippen molar-refractivity contribution in [1.82, 2.24) is 15.4 Å². The zero-order valence-corrected chi connectivity index (χ0v) is 19.7. The van der Waals surface area contributed by atoms with E-state index in [9.17, 15) is 0 Å². The van der Waals surface area contributed by atoms with Crippen molar-refractivity contribution in [3.05, 3.63) is 63.4 Å². The maximum Gasteiger partial charge on any atom is 0.192 e. The molecule has 2 aromatic rings. The van der Waals surface area contributed by atoms with Crippen molar-refractivity contribution in [2.45, 2.75) is 39.0 Å². The number of methoxy groups -OCH3 is 1. The highest BCUT2D eigenvalue weighted by Gasteiger charge is 2.21. The fraction of sp³-hybridized carbons (Fsp3) is 0.417. The first-order valence-electron chi connectivity index (χ1n) is 10.8. The molecule has 2 aromatic heterocycles. The lowest BCUT2D eigenvalue weighted by Gasteiger charge is -2.17. The normalized spacial score (nSPS) is 15.7. The van der Waals surface area contributed by atoms with Gasteiger partial charge in [-0.3, -0.25) is 4.98 Å². The topological polar surface area (TPSA) is 81.0 Å². The van der Waals surface area contributed by atoms with Crippen LogP contribution in [0.3, 0.4) is 0 Å². The second-order valence-corrected chi connectivity index (χ2v) is 8.63. The molecule has 2 heterocycles. The van der Waals surface area contributed by atoms with E-state index in [0.717, 1.165) is 23.4 Å². The second kappa shape index (κ2) is 12.8. The average Bonchev–Trinajstić information content (AvgIpc) is 3.54. The SMILES string of the molecule is C/C=C\C(=C/c1scnc1C)CC(CN/N=C\OC)c1cc(/C=N/OCC2CC2)ccn1. The van der Waals surface area contributed by atoms with Crippen LogP contribution in [-0.2, 0) is 9.57 Å². The number of nitrogens with zero attached hydrogens (tertiary/aromatic N) is 4. The van der Waals surface area contributed by atoms with E-state index in [4.69, 9.17) is 9.57 Å². The molecule has 1 atom stereocenters. The summed E-state index contributed by atoms with van der Waals surface area (Å²) < 4.78 is 4.90. The number of aromatic nitrogens is 2. The maximum absolute atomic E-state index is 5.40. The fourth-order valence-electron chi connectivity index (χ4n) is 3.13. The summed E-state index contributed by atoms with van der Waals surface area (Å²) in [7, 11) is 1.57. The molecule has 0 amide bonds. The molecule has 1 aliphatic rings. The van der Waals surface area contributed by atoms with Gasteiger partial charge >= 0.3 is 0 Å². The van der Waals surface area contributed by atoms with E-state index in [1.54, 1.807) is 24.7 Å². The van der Waals surface area contributed by atoms with E-state index in [0.29, 0.717) is 19.1 Å². The van der Waals surface area contributed by atoms with Crippen LogP contribution >= 0.6 is 11.3 Å². The van der Waals surface area contributed by atoms with Crippen LogP contribution in [0, 0.1) is 12.8 Å². The molecule has 170 valence electrons. The number of pyridine rings is 1. The van der Waals surface area contributed by atoms with Crippen LogP contribution in [-0.4, -0.2) is 42.8 Å².